The van der Waals surface area contributed by atoms with Gasteiger partial charge < -0.3 is 10.8 Å². The van der Waals surface area contributed by atoms with Crippen LogP contribution in [0.4, 0.5) is 0 Å². The maximum Gasteiger partial charge on any atom is 0.120 e. The maximum atomic E-state index is 10.0. The molecule has 1 aromatic carbocycles. The predicted octanol–water partition coefficient (Wildman–Crippen LogP) is 3.28. The molecule has 1 aromatic rings. The molecule has 0 bridgehead atoms. The highest BCUT2D eigenvalue weighted by molar-refractivity contribution is 9.10. The van der Waals surface area contributed by atoms with Gasteiger partial charge in [-0.1, -0.05) is 29.8 Å². The first-order valence-corrected chi connectivity index (χ1v) is 7.35. The van der Waals surface area contributed by atoms with Crippen LogP contribution in [0.5, 0.6) is 5.75 Å². The van der Waals surface area contributed by atoms with E-state index < -0.39 is 0 Å². The van der Waals surface area contributed by atoms with E-state index in [4.69, 9.17) is 5.73 Å². The number of phenolic OH excluding ortho intramolecular Hbond substituents is 1. The molecule has 0 aliphatic rings. The molecule has 0 radical (unpaired) electrons. The van der Waals surface area contributed by atoms with Gasteiger partial charge >= 0.3 is 0 Å². The minimum atomic E-state index is 0.0856. The van der Waals surface area contributed by atoms with Crippen molar-refractivity contribution in [2.24, 2.45) is 5.73 Å². The van der Waals surface area contributed by atoms with Gasteiger partial charge in [-0.15, -0.1) is 0 Å². The highest BCUT2D eigenvalue weighted by atomic mass is 79.9. The van der Waals surface area contributed by atoms with Crippen molar-refractivity contribution < 1.29 is 5.11 Å². The first kappa shape index (κ1) is 15.5. The van der Waals surface area contributed by atoms with Crippen LogP contribution in [-0.4, -0.2) is 29.6 Å². The van der Waals surface area contributed by atoms with Crippen molar-refractivity contribution in [3.8, 4) is 5.75 Å². The van der Waals surface area contributed by atoms with E-state index in [0.717, 1.165) is 36.0 Å². The van der Waals surface area contributed by atoms with Crippen LogP contribution >= 0.6 is 15.9 Å². The molecular weight excluding hydrogens is 292 g/mol. The molecule has 0 aromatic heterocycles. The molecular formula is C14H23BrN2O. The van der Waals surface area contributed by atoms with Crippen molar-refractivity contribution in [3.05, 3.63) is 28.2 Å². The standard InChI is InChI=1S/C14H23BrN2O/c1-3-7-17(8-4-2)13(10-16)12-9-11(15)5-6-14(12)18/h5-6,9,13,18H,3-4,7-8,10,16H2,1-2H3. The molecule has 0 saturated heterocycles. The average Bonchev–Trinajstić information content (AvgIpc) is 2.35. The predicted molar refractivity (Wildman–Crippen MR) is 79.8 cm³/mol. The monoisotopic (exact) mass is 314 g/mol. The normalized spacial score (nSPS) is 12.9. The molecule has 1 rings (SSSR count). The van der Waals surface area contributed by atoms with Gasteiger partial charge in [0.15, 0.2) is 0 Å². The van der Waals surface area contributed by atoms with Crippen molar-refractivity contribution in [1.29, 1.82) is 0 Å². The quantitative estimate of drug-likeness (QED) is 0.812. The SMILES string of the molecule is CCCN(CCC)C(CN)c1cc(Br)ccc1O. The lowest BCUT2D eigenvalue weighted by Crippen LogP contribution is -2.35. The van der Waals surface area contributed by atoms with Crippen LogP contribution in [0.2, 0.25) is 0 Å². The Bertz CT molecular complexity index is 365. The molecule has 0 aliphatic heterocycles. The summed E-state index contributed by atoms with van der Waals surface area (Å²) in [7, 11) is 0. The summed E-state index contributed by atoms with van der Waals surface area (Å²) in [6.07, 6.45) is 2.18. The van der Waals surface area contributed by atoms with Crippen molar-refractivity contribution >= 4 is 15.9 Å². The first-order valence-electron chi connectivity index (χ1n) is 6.56. The average molecular weight is 315 g/mol. The lowest BCUT2D eigenvalue weighted by molar-refractivity contribution is 0.198. The summed E-state index contributed by atoms with van der Waals surface area (Å²) in [5.74, 6) is 0.325. The summed E-state index contributed by atoms with van der Waals surface area (Å²) in [6.45, 7) is 6.85. The molecule has 18 heavy (non-hydrogen) atoms. The van der Waals surface area contributed by atoms with Crippen molar-refractivity contribution in [2.75, 3.05) is 19.6 Å². The zero-order valence-corrected chi connectivity index (χ0v) is 12.8. The van der Waals surface area contributed by atoms with Gasteiger partial charge in [-0.2, -0.15) is 0 Å². The number of aromatic hydroxyl groups is 1. The molecule has 4 heteroatoms. The molecule has 0 spiro atoms. The molecule has 1 unspecified atom stereocenters. The third kappa shape index (κ3) is 3.97. The van der Waals surface area contributed by atoms with Gasteiger partial charge in [0.05, 0.1) is 6.04 Å². The van der Waals surface area contributed by atoms with E-state index in [1.807, 2.05) is 12.1 Å². The second kappa shape index (κ2) is 7.77. The smallest absolute Gasteiger partial charge is 0.120 e. The number of hydrogen-bond donors (Lipinski definition) is 2. The number of rotatable bonds is 7. The van der Waals surface area contributed by atoms with E-state index in [1.54, 1.807) is 6.07 Å². The highest BCUT2D eigenvalue weighted by Gasteiger charge is 2.20. The van der Waals surface area contributed by atoms with Gasteiger partial charge in [-0.05, 0) is 44.1 Å². The van der Waals surface area contributed by atoms with E-state index in [0.29, 0.717) is 12.3 Å². The van der Waals surface area contributed by atoms with Gasteiger partial charge in [0.25, 0.3) is 0 Å². The van der Waals surface area contributed by atoms with E-state index in [-0.39, 0.29) is 6.04 Å². The summed E-state index contributed by atoms with van der Waals surface area (Å²) in [4.78, 5) is 2.35. The number of nitrogens with zero attached hydrogens (tertiary/aromatic N) is 1. The fourth-order valence-corrected chi connectivity index (χ4v) is 2.64. The van der Waals surface area contributed by atoms with Crippen LogP contribution in [0.15, 0.2) is 22.7 Å². The Morgan fingerprint density at radius 2 is 1.89 bits per heavy atom. The maximum absolute atomic E-state index is 10.0. The van der Waals surface area contributed by atoms with E-state index in [9.17, 15) is 5.11 Å². The van der Waals surface area contributed by atoms with Crippen LogP contribution < -0.4 is 5.73 Å². The first-order chi connectivity index (χ1) is 8.63. The molecule has 102 valence electrons. The molecule has 0 heterocycles. The molecule has 0 aliphatic carbocycles. The van der Waals surface area contributed by atoms with Gasteiger partial charge in [-0.3, -0.25) is 4.90 Å². The largest absolute Gasteiger partial charge is 0.508 e. The second-order valence-electron chi connectivity index (χ2n) is 4.49. The van der Waals surface area contributed by atoms with Gasteiger partial charge in [0.1, 0.15) is 5.75 Å². The van der Waals surface area contributed by atoms with Gasteiger partial charge in [0, 0.05) is 16.6 Å². The van der Waals surface area contributed by atoms with E-state index in [2.05, 4.69) is 34.7 Å². The van der Waals surface area contributed by atoms with Crippen molar-refractivity contribution in [3.63, 3.8) is 0 Å². The van der Waals surface area contributed by atoms with Gasteiger partial charge in [-0.25, -0.2) is 0 Å². The van der Waals surface area contributed by atoms with Crippen LogP contribution in [0.1, 0.15) is 38.3 Å². The summed E-state index contributed by atoms with van der Waals surface area (Å²) >= 11 is 3.45. The van der Waals surface area contributed by atoms with E-state index in [1.165, 1.54) is 0 Å². The van der Waals surface area contributed by atoms with Crippen LogP contribution in [0, 0.1) is 0 Å². The molecule has 0 saturated carbocycles. The second-order valence-corrected chi connectivity index (χ2v) is 5.41. The summed E-state index contributed by atoms with van der Waals surface area (Å²) in [5, 5.41) is 10.0. The molecule has 0 amide bonds. The molecule has 0 fully saturated rings. The van der Waals surface area contributed by atoms with Crippen molar-refractivity contribution in [1.82, 2.24) is 4.90 Å². The minimum Gasteiger partial charge on any atom is -0.508 e. The lowest BCUT2D eigenvalue weighted by Gasteiger charge is -2.31. The molecule has 3 nitrogen and oxygen atoms in total. The summed E-state index contributed by atoms with van der Waals surface area (Å²) in [5.41, 5.74) is 6.83. The summed E-state index contributed by atoms with van der Waals surface area (Å²) in [6, 6.07) is 5.61. The summed E-state index contributed by atoms with van der Waals surface area (Å²) < 4.78 is 0.974. The Labute approximate surface area is 118 Å². The molecule has 3 N–H and O–H groups in total. The number of benzene rings is 1. The Balaban J connectivity index is 3.01. The Hall–Kier alpha value is -0.580. The van der Waals surface area contributed by atoms with Gasteiger partial charge in [0.2, 0.25) is 0 Å². The number of hydrogen-bond acceptors (Lipinski definition) is 3. The minimum absolute atomic E-state index is 0.0856. The highest BCUT2D eigenvalue weighted by Crippen LogP contribution is 2.30. The van der Waals surface area contributed by atoms with Crippen LogP contribution in [0.25, 0.3) is 0 Å². The number of phenols is 1. The lowest BCUT2D eigenvalue weighted by atomic mass is 10.0. The number of halogens is 1. The third-order valence-electron chi connectivity index (χ3n) is 3.03. The Morgan fingerprint density at radius 1 is 1.28 bits per heavy atom. The Morgan fingerprint density at radius 3 is 2.39 bits per heavy atom. The number of nitrogens with two attached hydrogens (primary N) is 1. The fraction of sp³-hybridized carbons (Fsp3) is 0.571. The fourth-order valence-electron chi connectivity index (χ4n) is 2.26. The Kier molecular flexibility index (Phi) is 6.68. The van der Waals surface area contributed by atoms with Crippen molar-refractivity contribution in [2.45, 2.75) is 32.7 Å². The van der Waals surface area contributed by atoms with Crippen LogP contribution in [-0.2, 0) is 0 Å². The van der Waals surface area contributed by atoms with Crippen LogP contribution in [0.3, 0.4) is 0 Å². The third-order valence-corrected chi connectivity index (χ3v) is 3.53. The van der Waals surface area contributed by atoms with E-state index >= 15 is 0 Å². The topological polar surface area (TPSA) is 49.5 Å². The molecule has 1 atom stereocenters. The zero-order chi connectivity index (χ0) is 13.5. The zero-order valence-electron chi connectivity index (χ0n) is 11.2.